The molecule has 0 saturated carbocycles. The number of rotatable bonds is 7. The smallest absolute Gasteiger partial charge is 0.247 e. The van der Waals surface area contributed by atoms with Crippen molar-refractivity contribution in [2.75, 3.05) is 17.3 Å². The van der Waals surface area contributed by atoms with Gasteiger partial charge < -0.3 is 5.32 Å². The van der Waals surface area contributed by atoms with Crippen molar-refractivity contribution in [3.05, 3.63) is 101 Å². The van der Waals surface area contributed by atoms with Gasteiger partial charge in [0.15, 0.2) is 5.78 Å². The second-order valence-corrected chi connectivity index (χ2v) is 11.2. The number of ketones is 1. The lowest BCUT2D eigenvalue weighted by Crippen LogP contribution is -2.48. The lowest BCUT2D eigenvalue weighted by molar-refractivity contribution is -0.146. The highest BCUT2D eigenvalue weighted by Gasteiger charge is 2.62. The molecule has 3 amide bonds. The van der Waals surface area contributed by atoms with Crippen LogP contribution in [0.15, 0.2) is 72.8 Å². The van der Waals surface area contributed by atoms with Gasteiger partial charge >= 0.3 is 0 Å². The van der Waals surface area contributed by atoms with Gasteiger partial charge in [-0.05, 0) is 59.7 Å². The van der Waals surface area contributed by atoms with E-state index < -0.39 is 23.8 Å². The van der Waals surface area contributed by atoms with Crippen molar-refractivity contribution in [2.24, 2.45) is 11.8 Å². The average Bonchev–Trinajstić information content (AvgIpc) is 3.19. The van der Waals surface area contributed by atoms with Crippen molar-refractivity contribution in [1.82, 2.24) is 4.90 Å². The molecule has 38 heavy (non-hydrogen) atoms. The minimum absolute atomic E-state index is 0.108. The number of imide groups is 1. The summed E-state index contributed by atoms with van der Waals surface area (Å²) in [5.74, 6) is -1.91. The number of nitrogens with zero attached hydrogens (tertiary/aromatic N) is 1. The summed E-state index contributed by atoms with van der Waals surface area (Å²) in [6.07, 6.45) is 2.29. The van der Waals surface area contributed by atoms with Crippen LogP contribution in [0.2, 0.25) is 0 Å². The minimum Gasteiger partial charge on any atom is -0.324 e. The molecule has 0 unspecified atom stereocenters. The molecular weight excluding hydrogens is 496 g/mol. The molecular formula is C31H28N2O4S. The van der Waals surface area contributed by atoms with Crippen molar-refractivity contribution in [2.45, 2.75) is 31.2 Å². The Morgan fingerprint density at radius 2 is 1.37 bits per heavy atom. The number of hydrogen-bond donors (Lipinski definition) is 1. The Kier molecular flexibility index (Phi) is 6.19. The standard InChI is InChI=1S/C31H28N2O4S/c1-17(34)18-8-7-9-19(16-18)32-29(35)24(14-15-38-2)33-30(36)27-25-20-10-3-4-11-21(20)26(28(27)31(33)37)23-13-6-5-12-22(23)25/h3-13,16,24-28H,14-15H2,1-2H3,(H,32,35)/t24-,25?,26?,27-,28+/m1/s1. The summed E-state index contributed by atoms with van der Waals surface area (Å²) < 4.78 is 0. The van der Waals surface area contributed by atoms with Gasteiger partial charge in [0, 0.05) is 23.1 Å². The number of likely N-dealkylation sites (tertiary alicyclic amines) is 1. The van der Waals surface area contributed by atoms with Crippen LogP contribution in [0.5, 0.6) is 0 Å². The molecule has 4 aliphatic rings. The molecule has 0 aromatic heterocycles. The largest absolute Gasteiger partial charge is 0.324 e. The zero-order valence-corrected chi connectivity index (χ0v) is 22.0. The number of carbonyl (C=O) groups excluding carboxylic acids is 4. The number of benzene rings is 3. The van der Waals surface area contributed by atoms with E-state index in [0.29, 0.717) is 23.4 Å². The van der Waals surface area contributed by atoms with E-state index in [1.807, 2.05) is 30.5 Å². The van der Waals surface area contributed by atoms with E-state index in [-0.39, 0.29) is 29.4 Å². The van der Waals surface area contributed by atoms with Crippen LogP contribution in [0.4, 0.5) is 5.69 Å². The van der Waals surface area contributed by atoms with Crippen molar-refractivity contribution in [3.8, 4) is 0 Å². The molecule has 2 bridgehead atoms. The fraction of sp³-hybridized carbons (Fsp3) is 0.290. The number of amides is 3. The molecule has 6 nitrogen and oxygen atoms in total. The molecule has 3 atom stereocenters. The number of anilines is 1. The van der Waals surface area contributed by atoms with Crippen LogP contribution in [-0.4, -0.2) is 46.5 Å². The fourth-order valence-electron chi connectivity index (χ4n) is 6.66. The maximum absolute atomic E-state index is 14.1. The Bertz CT molecular complexity index is 1370. The van der Waals surface area contributed by atoms with Gasteiger partial charge in [-0.1, -0.05) is 60.7 Å². The van der Waals surface area contributed by atoms with E-state index in [9.17, 15) is 19.2 Å². The molecule has 1 heterocycles. The molecule has 3 aliphatic carbocycles. The second-order valence-electron chi connectivity index (χ2n) is 10.2. The Morgan fingerprint density at radius 1 is 0.842 bits per heavy atom. The summed E-state index contributed by atoms with van der Waals surface area (Å²) in [5.41, 5.74) is 5.36. The third-order valence-corrected chi connectivity index (χ3v) is 8.87. The molecule has 3 aromatic carbocycles. The molecule has 7 rings (SSSR count). The van der Waals surface area contributed by atoms with Gasteiger partial charge in [0.1, 0.15) is 6.04 Å². The lowest BCUT2D eigenvalue weighted by atomic mass is 9.55. The van der Waals surface area contributed by atoms with Gasteiger partial charge in [-0.25, -0.2) is 0 Å². The van der Waals surface area contributed by atoms with Gasteiger partial charge in [-0.3, -0.25) is 24.1 Å². The first-order valence-electron chi connectivity index (χ1n) is 12.9. The molecule has 0 spiro atoms. The first kappa shape index (κ1) is 24.6. The van der Waals surface area contributed by atoms with Crippen LogP contribution in [-0.2, 0) is 14.4 Å². The first-order chi connectivity index (χ1) is 18.4. The SMILES string of the molecule is CSCC[C@H](C(=O)Nc1cccc(C(C)=O)c1)N1C(=O)[C@@H]2C3c4ccccc4C(c4ccccc43)[C@@H]2C1=O. The summed E-state index contributed by atoms with van der Waals surface area (Å²) in [4.78, 5) is 55.0. The number of hydrogen-bond acceptors (Lipinski definition) is 5. The normalized spacial score (nSPS) is 23.5. The number of nitrogens with one attached hydrogen (secondary N) is 1. The van der Waals surface area contributed by atoms with E-state index >= 15 is 0 Å². The highest BCUT2D eigenvalue weighted by molar-refractivity contribution is 7.98. The van der Waals surface area contributed by atoms with Gasteiger partial charge in [0.05, 0.1) is 11.8 Å². The van der Waals surface area contributed by atoms with E-state index in [1.54, 1.807) is 36.0 Å². The topological polar surface area (TPSA) is 83.6 Å². The van der Waals surface area contributed by atoms with Crippen LogP contribution in [0.3, 0.4) is 0 Å². The number of thioether (sulfide) groups is 1. The fourth-order valence-corrected chi connectivity index (χ4v) is 7.11. The highest BCUT2D eigenvalue weighted by atomic mass is 32.2. The molecule has 7 heteroatoms. The van der Waals surface area contributed by atoms with Crippen LogP contribution in [0.25, 0.3) is 0 Å². The Hall–Kier alpha value is -3.71. The van der Waals surface area contributed by atoms with Crippen molar-refractivity contribution < 1.29 is 19.2 Å². The van der Waals surface area contributed by atoms with Gasteiger partial charge in [0.2, 0.25) is 17.7 Å². The predicted molar refractivity (Wildman–Crippen MR) is 147 cm³/mol. The Morgan fingerprint density at radius 3 is 1.84 bits per heavy atom. The quantitative estimate of drug-likeness (QED) is 0.353. The zero-order chi connectivity index (χ0) is 26.6. The summed E-state index contributed by atoms with van der Waals surface area (Å²) in [6.45, 7) is 1.47. The molecule has 1 N–H and O–H groups in total. The molecule has 1 fully saturated rings. The van der Waals surface area contributed by atoms with Crippen LogP contribution in [0, 0.1) is 11.8 Å². The van der Waals surface area contributed by atoms with Crippen LogP contribution >= 0.6 is 11.8 Å². The molecule has 1 aliphatic heterocycles. The summed E-state index contributed by atoms with van der Waals surface area (Å²) in [7, 11) is 0. The first-order valence-corrected chi connectivity index (χ1v) is 14.3. The van der Waals surface area contributed by atoms with Gasteiger partial charge in [0.25, 0.3) is 0 Å². The Labute approximate surface area is 225 Å². The maximum atomic E-state index is 14.1. The monoisotopic (exact) mass is 524 g/mol. The predicted octanol–water partition coefficient (Wildman–Crippen LogP) is 4.84. The molecule has 192 valence electrons. The zero-order valence-electron chi connectivity index (χ0n) is 21.2. The van der Waals surface area contributed by atoms with Crippen molar-refractivity contribution >= 4 is 41.0 Å². The summed E-state index contributed by atoms with van der Waals surface area (Å²) >= 11 is 1.57. The van der Waals surface area contributed by atoms with Crippen LogP contribution < -0.4 is 5.32 Å². The van der Waals surface area contributed by atoms with E-state index in [1.165, 1.54) is 11.8 Å². The van der Waals surface area contributed by atoms with Gasteiger partial charge in [-0.15, -0.1) is 0 Å². The average molecular weight is 525 g/mol. The minimum atomic E-state index is -0.931. The molecule has 3 aromatic rings. The van der Waals surface area contributed by atoms with E-state index in [4.69, 9.17) is 0 Å². The van der Waals surface area contributed by atoms with Crippen LogP contribution in [0.1, 0.15) is 57.8 Å². The highest BCUT2D eigenvalue weighted by Crippen LogP contribution is 2.61. The summed E-state index contributed by atoms with van der Waals surface area (Å²) in [5, 5.41) is 2.87. The number of carbonyl (C=O) groups is 4. The van der Waals surface area contributed by atoms with Crippen molar-refractivity contribution in [3.63, 3.8) is 0 Å². The number of Topliss-reactive ketones (excluding diaryl/α,β-unsaturated/α-hetero) is 1. The maximum Gasteiger partial charge on any atom is 0.247 e. The third-order valence-electron chi connectivity index (χ3n) is 8.23. The molecule has 1 saturated heterocycles. The summed E-state index contributed by atoms with van der Waals surface area (Å²) in [6, 6.07) is 22.0. The lowest BCUT2D eigenvalue weighted by Gasteiger charge is -2.45. The van der Waals surface area contributed by atoms with Gasteiger partial charge in [-0.2, -0.15) is 11.8 Å². The second kappa shape index (κ2) is 9.55. The molecule has 0 radical (unpaired) electrons. The third kappa shape index (κ3) is 3.71. The Balaban J connectivity index is 1.38. The van der Waals surface area contributed by atoms with E-state index in [0.717, 1.165) is 22.3 Å². The van der Waals surface area contributed by atoms with E-state index in [2.05, 4.69) is 29.6 Å². The van der Waals surface area contributed by atoms with Crippen molar-refractivity contribution in [1.29, 1.82) is 0 Å².